The van der Waals surface area contributed by atoms with Crippen LogP contribution >= 0.6 is 0 Å². The number of hydrogen-bond acceptors (Lipinski definition) is 4. The second kappa shape index (κ2) is 9.73. The molecule has 2 unspecified atom stereocenters. The Balaban J connectivity index is 2.06. The van der Waals surface area contributed by atoms with Gasteiger partial charge >= 0.3 is 0 Å². The molecule has 1 aliphatic rings. The minimum atomic E-state index is 0.444. The molecule has 0 saturated carbocycles. The van der Waals surface area contributed by atoms with Crippen molar-refractivity contribution < 1.29 is 9.47 Å². The van der Waals surface area contributed by atoms with Crippen LogP contribution < -0.4 is 5.32 Å². The molecule has 1 heterocycles. The molecule has 4 heteroatoms. The van der Waals surface area contributed by atoms with Crippen molar-refractivity contribution in [2.45, 2.75) is 44.8 Å². The summed E-state index contributed by atoms with van der Waals surface area (Å²) in [4.78, 5) is 2.40. The summed E-state index contributed by atoms with van der Waals surface area (Å²) in [7, 11) is 3.94. The van der Waals surface area contributed by atoms with Crippen LogP contribution in [0.25, 0.3) is 0 Å². The van der Waals surface area contributed by atoms with Crippen molar-refractivity contribution in [1.29, 1.82) is 0 Å². The van der Waals surface area contributed by atoms with E-state index < -0.39 is 0 Å². The molecule has 108 valence electrons. The molecule has 1 saturated heterocycles. The van der Waals surface area contributed by atoms with Gasteiger partial charge in [-0.05, 0) is 46.2 Å². The van der Waals surface area contributed by atoms with E-state index in [9.17, 15) is 0 Å². The predicted molar refractivity (Wildman–Crippen MR) is 75.0 cm³/mol. The standard InChI is InChI=1S/C14H30N2O2/c1-13(11-15-8-6-9-17-3)16(2)12-14-7-4-5-10-18-14/h13-15H,4-12H2,1-3H3. The fourth-order valence-electron chi connectivity index (χ4n) is 2.26. The van der Waals surface area contributed by atoms with Crippen LogP contribution in [0.5, 0.6) is 0 Å². The molecule has 1 fully saturated rings. The summed E-state index contributed by atoms with van der Waals surface area (Å²) >= 11 is 0. The van der Waals surface area contributed by atoms with E-state index in [-0.39, 0.29) is 0 Å². The molecule has 1 N–H and O–H groups in total. The molecular weight excluding hydrogens is 228 g/mol. The monoisotopic (exact) mass is 258 g/mol. The molecule has 0 aromatic heterocycles. The number of hydrogen-bond donors (Lipinski definition) is 1. The second-order valence-corrected chi connectivity index (χ2v) is 5.33. The van der Waals surface area contributed by atoms with E-state index in [0.717, 1.165) is 39.3 Å². The quantitative estimate of drug-likeness (QED) is 0.636. The fourth-order valence-corrected chi connectivity index (χ4v) is 2.26. The zero-order valence-electron chi connectivity index (χ0n) is 12.3. The maximum atomic E-state index is 5.78. The number of ether oxygens (including phenoxy) is 2. The summed E-state index contributed by atoms with van der Waals surface area (Å²) in [6, 6.07) is 0.554. The third-order valence-corrected chi connectivity index (χ3v) is 3.66. The van der Waals surface area contributed by atoms with E-state index in [1.165, 1.54) is 19.3 Å². The maximum absolute atomic E-state index is 5.78. The molecule has 0 radical (unpaired) electrons. The molecule has 18 heavy (non-hydrogen) atoms. The summed E-state index contributed by atoms with van der Waals surface area (Å²) in [6.07, 6.45) is 5.30. The summed E-state index contributed by atoms with van der Waals surface area (Å²) < 4.78 is 10.8. The van der Waals surface area contributed by atoms with Crippen molar-refractivity contribution >= 4 is 0 Å². The van der Waals surface area contributed by atoms with Crippen molar-refractivity contribution in [3.05, 3.63) is 0 Å². The SMILES string of the molecule is COCCCNCC(C)N(C)CC1CCCCO1. The Labute approximate surface area is 112 Å². The average Bonchev–Trinajstić information content (AvgIpc) is 2.39. The van der Waals surface area contributed by atoms with Crippen LogP contribution in [-0.2, 0) is 9.47 Å². The maximum Gasteiger partial charge on any atom is 0.0702 e. The van der Waals surface area contributed by atoms with E-state index in [1.807, 2.05) is 0 Å². The molecule has 0 amide bonds. The third kappa shape index (κ3) is 6.69. The number of likely N-dealkylation sites (N-methyl/N-ethyl adjacent to an activating group) is 1. The van der Waals surface area contributed by atoms with Gasteiger partial charge in [0.15, 0.2) is 0 Å². The largest absolute Gasteiger partial charge is 0.385 e. The van der Waals surface area contributed by atoms with Gasteiger partial charge in [0.1, 0.15) is 0 Å². The summed E-state index contributed by atoms with van der Waals surface area (Å²) in [5.74, 6) is 0. The highest BCUT2D eigenvalue weighted by Gasteiger charge is 2.18. The van der Waals surface area contributed by atoms with E-state index in [4.69, 9.17) is 9.47 Å². The second-order valence-electron chi connectivity index (χ2n) is 5.33. The number of nitrogens with zero attached hydrogens (tertiary/aromatic N) is 1. The van der Waals surface area contributed by atoms with E-state index >= 15 is 0 Å². The first-order valence-electron chi connectivity index (χ1n) is 7.25. The normalized spacial score (nSPS) is 22.3. The van der Waals surface area contributed by atoms with Gasteiger partial charge in [-0.3, -0.25) is 4.90 Å². The van der Waals surface area contributed by atoms with E-state index in [2.05, 4.69) is 24.2 Å². The van der Waals surface area contributed by atoms with Crippen LogP contribution in [0, 0.1) is 0 Å². The summed E-state index contributed by atoms with van der Waals surface area (Å²) in [5.41, 5.74) is 0. The predicted octanol–water partition coefficient (Wildman–Crippen LogP) is 1.50. The highest BCUT2D eigenvalue weighted by Crippen LogP contribution is 2.14. The lowest BCUT2D eigenvalue weighted by molar-refractivity contribution is -0.00688. The van der Waals surface area contributed by atoms with Gasteiger partial charge in [0, 0.05) is 39.5 Å². The first-order valence-corrected chi connectivity index (χ1v) is 7.25. The van der Waals surface area contributed by atoms with Gasteiger partial charge in [0.2, 0.25) is 0 Å². The third-order valence-electron chi connectivity index (χ3n) is 3.66. The fraction of sp³-hybridized carbons (Fsp3) is 1.00. The molecule has 1 rings (SSSR count). The lowest BCUT2D eigenvalue weighted by Crippen LogP contribution is -2.43. The van der Waals surface area contributed by atoms with Crippen LogP contribution in [0.2, 0.25) is 0 Å². The van der Waals surface area contributed by atoms with Crippen LogP contribution in [0.1, 0.15) is 32.6 Å². The minimum absolute atomic E-state index is 0.444. The van der Waals surface area contributed by atoms with Gasteiger partial charge in [-0.15, -0.1) is 0 Å². The van der Waals surface area contributed by atoms with Gasteiger partial charge in [-0.25, -0.2) is 0 Å². The van der Waals surface area contributed by atoms with Crippen molar-refractivity contribution in [2.75, 3.05) is 47.0 Å². The van der Waals surface area contributed by atoms with Crippen molar-refractivity contribution in [1.82, 2.24) is 10.2 Å². The topological polar surface area (TPSA) is 33.7 Å². The molecule has 0 aliphatic carbocycles. The van der Waals surface area contributed by atoms with Crippen molar-refractivity contribution in [2.24, 2.45) is 0 Å². The van der Waals surface area contributed by atoms with Crippen molar-refractivity contribution in [3.63, 3.8) is 0 Å². The van der Waals surface area contributed by atoms with Crippen LogP contribution in [0.4, 0.5) is 0 Å². The first-order chi connectivity index (χ1) is 8.74. The lowest BCUT2D eigenvalue weighted by Gasteiger charge is -2.31. The zero-order valence-corrected chi connectivity index (χ0v) is 12.3. The Kier molecular flexibility index (Phi) is 8.59. The molecule has 0 bridgehead atoms. The Morgan fingerprint density at radius 3 is 2.94 bits per heavy atom. The molecule has 0 aromatic carbocycles. The molecular formula is C14H30N2O2. The molecule has 0 spiro atoms. The number of methoxy groups -OCH3 is 1. The van der Waals surface area contributed by atoms with Gasteiger partial charge in [0.05, 0.1) is 6.10 Å². The smallest absolute Gasteiger partial charge is 0.0702 e. The first kappa shape index (κ1) is 15.9. The van der Waals surface area contributed by atoms with Crippen LogP contribution in [-0.4, -0.2) is 64.1 Å². The zero-order chi connectivity index (χ0) is 13.2. The Morgan fingerprint density at radius 2 is 2.28 bits per heavy atom. The van der Waals surface area contributed by atoms with E-state index in [0.29, 0.717) is 12.1 Å². The molecule has 4 nitrogen and oxygen atoms in total. The van der Waals surface area contributed by atoms with Gasteiger partial charge < -0.3 is 14.8 Å². The average molecular weight is 258 g/mol. The number of nitrogens with one attached hydrogen (secondary N) is 1. The summed E-state index contributed by atoms with van der Waals surface area (Å²) in [5, 5.41) is 3.48. The van der Waals surface area contributed by atoms with Crippen LogP contribution in [0.3, 0.4) is 0 Å². The van der Waals surface area contributed by atoms with Gasteiger partial charge in [0.25, 0.3) is 0 Å². The highest BCUT2D eigenvalue weighted by atomic mass is 16.5. The van der Waals surface area contributed by atoms with Gasteiger partial charge in [-0.2, -0.15) is 0 Å². The Morgan fingerprint density at radius 1 is 1.44 bits per heavy atom. The van der Waals surface area contributed by atoms with Crippen LogP contribution in [0.15, 0.2) is 0 Å². The van der Waals surface area contributed by atoms with Crippen molar-refractivity contribution in [3.8, 4) is 0 Å². The van der Waals surface area contributed by atoms with Gasteiger partial charge in [-0.1, -0.05) is 0 Å². The molecule has 2 atom stereocenters. The summed E-state index contributed by atoms with van der Waals surface area (Å²) in [6.45, 7) is 7.18. The Hall–Kier alpha value is -0.160. The Bertz CT molecular complexity index is 196. The number of rotatable bonds is 9. The molecule has 1 aliphatic heterocycles. The minimum Gasteiger partial charge on any atom is -0.385 e. The lowest BCUT2D eigenvalue weighted by atomic mass is 10.1. The van der Waals surface area contributed by atoms with E-state index in [1.54, 1.807) is 7.11 Å². The highest BCUT2D eigenvalue weighted by molar-refractivity contribution is 4.72. The molecule has 0 aromatic rings.